The molecule has 0 bridgehead atoms. The molecule has 1 aromatic rings. The van der Waals surface area contributed by atoms with Crippen LogP contribution in [0, 0.1) is 3.57 Å². The molecule has 0 aliphatic heterocycles. The Hall–Kier alpha value is -0.630. The van der Waals surface area contributed by atoms with Crippen LogP contribution in [0.3, 0.4) is 0 Å². The van der Waals surface area contributed by atoms with Gasteiger partial charge in [0.15, 0.2) is 9.84 Å². The minimum absolute atomic E-state index is 0.0101. The van der Waals surface area contributed by atoms with Gasteiger partial charge in [-0.05, 0) is 40.8 Å². The molecule has 1 aromatic carbocycles. The van der Waals surface area contributed by atoms with E-state index in [2.05, 4.69) is 14.4 Å². The monoisotopic (exact) mass is 434 g/mol. The van der Waals surface area contributed by atoms with Crippen LogP contribution in [0.5, 0.6) is 0 Å². The number of nitrogens with zero attached hydrogens (tertiary/aromatic N) is 2. The van der Waals surface area contributed by atoms with E-state index < -0.39 is 32.6 Å². The first-order valence-corrected chi connectivity index (χ1v) is 9.19. The molecule has 8 nitrogen and oxygen atoms in total. The number of benzene rings is 1. The van der Waals surface area contributed by atoms with Gasteiger partial charge in [0.25, 0.3) is 0 Å². The van der Waals surface area contributed by atoms with Crippen LogP contribution >= 0.6 is 22.6 Å². The van der Waals surface area contributed by atoms with Crippen molar-refractivity contribution in [2.45, 2.75) is 4.90 Å². The van der Waals surface area contributed by atoms with Crippen LogP contribution in [0.1, 0.15) is 0 Å². The summed E-state index contributed by atoms with van der Waals surface area (Å²) in [7, 11) is -6.87. The third kappa shape index (κ3) is 5.40. The lowest BCUT2D eigenvalue weighted by atomic mass is 10.3. The lowest BCUT2D eigenvalue weighted by molar-refractivity contribution is 0.284. The zero-order chi connectivity index (χ0) is 15.4. The zero-order valence-corrected chi connectivity index (χ0v) is 14.0. The highest BCUT2D eigenvalue weighted by atomic mass is 127. The topological polar surface area (TPSA) is 122 Å². The molecule has 0 saturated heterocycles. The number of hydrogen-bond donors (Lipinski definition) is 1. The summed E-state index contributed by atoms with van der Waals surface area (Å²) in [5.41, 5.74) is 0.529. The van der Waals surface area contributed by atoms with E-state index in [1.807, 2.05) is 22.6 Å². The smallest absolute Gasteiger partial charge is 0.264 e. The Labute approximate surface area is 130 Å². The minimum Gasteiger partial charge on any atom is -0.264 e. The van der Waals surface area contributed by atoms with Gasteiger partial charge in [-0.1, -0.05) is 0 Å². The first kappa shape index (κ1) is 17.4. The van der Waals surface area contributed by atoms with Gasteiger partial charge in [-0.2, -0.15) is 18.6 Å². The minimum atomic E-state index is -4.64. The van der Waals surface area contributed by atoms with Crippen molar-refractivity contribution in [3.63, 3.8) is 0 Å². The van der Waals surface area contributed by atoms with Gasteiger partial charge in [0.2, 0.25) is 0 Å². The van der Waals surface area contributed by atoms with Gasteiger partial charge in [0, 0.05) is 10.6 Å². The maximum absolute atomic E-state index is 11.9. The molecule has 0 unspecified atom stereocenters. The first-order chi connectivity index (χ1) is 9.15. The second-order valence-corrected chi connectivity index (χ2v) is 7.84. The van der Waals surface area contributed by atoms with Crippen LogP contribution in [0.25, 0.3) is 0 Å². The molecule has 20 heavy (non-hydrogen) atoms. The Morgan fingerprint density at radius 1 is 1.30 bits per heavy atom. The van der Waals surface area contributed by atoms with E-state index >= 15 is 0 Å². The van der Waals surface area contributed by atoms with Crippen molar-refractivity contribution in [1.29, 1.82) is 0 Å². The Morgan fingerprint density at radius 3 is 2.45 bits per heavy atom. The van der Waals surface area contributed by atoms with E-state index in [0.717, 1.165) is 0 Å². The summed E-state index contributed by atoms with van der Waals surface area (Å²) in [5.74, 6) is -0.572. The predicted octanol–water partition coefficient (Wildman–Crippen LogP) is 1.60. The lowest BCUT2D eigenvalue weighted by Crippen LogP contribution is -2.15. The van der Waals surface area contributed by atoms with Crippen LogP contribution in [-0.4, -0.2) is 40.8 Å². The van der Waals surface area contributed by atoms with Crippen molar-refractivity contribution in [3.05, 3.63) is 21.8 Å². The van der Waals surface area contributed by atoms with E-state index in [1.54, 1.807) is 0 Å². The molecule has 0 spiro atoms. The van der Waals surface area contributed by atoms with Crippen LogP contribution in [0.2, 0.25) is 0 Å². The molecule has 1 N–H and O–H groups in total. The second kappa shape index (κ2) is 6.89. The predicted molar refractivity (Wildman–Crippen MR) is 79.2 cm³/mol. The van der Waals surface area contributed by atoms with Gasteiger partial charge in [-0.3, -0.25) is 4.55 Å². The fraction of sp³-hybridized carbons (Fsp3) is 0.333. The summed E-state index contributed by atoms with van der Waals surface area (Å²) in [5, 5.41) is 7.40. The van der Waals surface area contributed by atoms with Gasteiger partial charge in [0.1, 0.15) is 0 Å². The molecule has 0 atom stereocenters. The highest BCUT2D eigenvalue weighted by Gasteiger charge is 2.17. The summed E-state index contributed by atoms with van der Waals surface area (Å²) in [6, 6.07) is 4.23. The molecule has 1 rings (SSSR count). The zero-order valence-electron chi connectivity index (χ0n) is 10.2. The van der Waals surface area contributed by atoms with Crippen molar-refractivity contribution in [2.24, 2.45) is 10.2 Å². The second-order valence-electron chi connectivity index (χ2n) is 3.48. The molecular weight excluding hydrogens is 423 g/mol. The number of azo groups is 1. The molecular formula is C9H11IN2O6S2. The lowest BCUT2D eigenvalue weighted by Gasteiger charge is -2.05. The maximum Gasteiger partial charge on any atom is 0.397 e. The van der Waals surface area contributed by atoms with Crippen molar-refractivity contribution < 1.29 is 25.6 Å². The van der Waals surface area contributed by atoms with Gasteiger partial charge >= 0.3 is 10.4 Å². The van der Waals surface area contributed by atoms with E-state index in [-0.39, 0.29) is 4.90 Å². The summed E-state index contributed by atoms with van der Waals surface area (Å²) in [6.07, 6.45) is 0. The maximum atomic E-state index is 11.9. The van der Waals surface area contributed by atoms with Crippen LogP contribution in [0.4, 0.5) is 5.69 Å². The normalized spacial score (nSPS) is 12.9. The SMILES string of the molecule is C/N=N/c1ccc(S(=O)(=O)CCOS(=O)(=O)O)cc1I. The Kier molecular flexibility index (Phi) is 6.00. The standard InChI is InChI=1S/C9H11IN2O6S2/c1-11-12-9-3-2-7(6-8(9)10)19(13,14)5-4-18-20(15,16)17/h2-3,6H,4-5H2,1H3,(H,15,16,17)/b12-11+. The average molecular weight is 434 g/mol. The number of sulfone groups is 1. The average Bonchev–Trinajstić information content (AvgIpc) is 2.29. The Morgan fingerprint density at radius 2 is 1.95 bits per heavy atom. The van der Waals surface area contributed by atoms with Gasteiger partial charge in [-0.15, -0.1) is 0 Å². The van der Waals surface area contributed by atoms with Crippen molar-refractivity contribution in [3.8, 4) is 0 Å². The van der Waals surface area contributed by atoms with Crippen LogP contribution < -0.4 is 0 Å². The molecule has 0 fully saturated rings. The molecule has 0 aliphatic carbocycles. The number of halogens is 1. The fourth-order valence-corrected chi connectivity index (χ4v) is 3.58. The fourth-order valence-electron chi connectivity index (χ4n) is 1.24. The quantitative estimate of drug-likeness (QED) is 0.412. The van der Waals surface area contributed by atoms with Crippen molar-refractivity contribution >= 4 is 48.5 Å². The molecule has 0 heterocycles. The van der Waals surface area contributed by atoms with Gasteiger partial charge < -0.3 is 0 Å². The molecule has 0 radical (unpaired) electrons. The first-order valence-electron chi connectivity index (χ1n) is 5.10. The summed E-state index contributed by atoms with van der Waals surface area (Å²) in [6.45, 7) is -0.659. The van der Waals surface area contributed by atoms with E-state index in [1.165, 1.54) is 25.2 Å². The van der Waals surface area contributed by atoms with Gasteiger partial charge in [-0.25, -0.2) is 12.6 Å². The van der Waals surface area contributed by atoms with Gasteiger partial charge in [0.05, 0.1) is 22.9 Å². The molecule has 0 aromatic heterocycles. The van der Waals surface area contributed by atoms with Crippen molar-refractivity contribution in [1.82, 2.24) is 0 Å². The largest absolute Gasteiger partial charge is 0.397 e. The molecule has 11 heteroatoms. The van der Waals surface area contributed by atoms with E-state index in [4.69, 9.17) is 4.55 Å². The van der Waals surface area contributed by atoms with E-state index in [0.29, 0.717) is 9.26 Å². The summed E-state index contributed by atoms with van der Waals surface area (Å²) < 4.78 is 57.5. The van der Waals surface area contributed by atoms with Crippen LogP contribution in [0.15, 0.2) is 33.3 Å². The molecule has 0 aliphatic rings. The van der Waals surface area contributed by atoms with E-state index in [9.17, 15) is 16.8 Å². The Balaban J connectivity index is 2.91. The van der Waals surface area contributed by atoms with Crippen molar-refractivity contribution in [2.75, 3.05) is 19.4 Å². The van der Waals surface area contributed by atoms with Crippen LogP contribution in [-0.2, 0) is 24.4 Å². The summed E-state index contributed by atoms with van der Waals surface area (Å²) in [4.78, 5) is 0.0101. The highest BCUT2D eigenvalue weighted by molar-refractivity contribution is 14.1. The summed E-state index contributed by atoms with van der Waals surface area (Å²) >= 11 is 1.91. The molecule has 0 saturated carbocycles. The molecule has 112 valence electrons. The highest BCUT2D eigenvalue weighted by Crippen LogP contribution is 2.25. The Bertz CT molecular complexity index is 714. The molecule has 0 amide bonds. The third-order valence-corrected chi connectivity index (χ3v) is 5.08. The third-order valence-electron chi connectivity index (χ3n) is 2.07. The number of rotatable bonds is 6. The number of hydrogen-bond acceptors (Lipinski definition) is 7.